The number of piperidine rings is 1. The van der Waals surface area contributed by atoms with Crippen molar-refractivity contribution in [2.45, 2.75) is 63.3 Å². The van der Waals surface area contributed by atoms with E-state index < -0.39 is 8.07 Å². The van der Waals surface area contributed by atoms with Gasteiger partial charge in [0.25, 0.3) is 0 Å². The molecule has 2 aliphatic rings. The molecular weight excluding hydrogens is 561 g/mol. The Bertz CT molecular complexity index is 1210. The highest BCUT2D eigenvalue weighted by Gasteiger charge is 2.46. The molecule has 0 aromatic carbocycles. The van der Waals surface area contributed by atoms with Gasteiger partial charge >= 0.3 is 0 Å². The van der Waals surface area contributed by atoms with Crippen molar-refractivity contribution in [2.24, 2.45) is 0 Å². The summed E-state index contributed by atoms with van der Waals surface area (Å²) in [5, 5.41) is 14.1. The van der Waals surface area contributed by atoms with Gasteiger partial charge in [0.05, 0.1) is 23.7 Å². The summed E-state index contributed by atoms with van der Waals surface area (Å²) in [5.41, 5.74) is 2.73. The fourth-order valence-corrected chi connectivity index (χ4v) is 6.12. The topological polar surface area (TPSA) is 83.9 Å². The Hall–Kier alpha value is -1.64. The van der Waals surface area contributed by atoms with Gasteiger partial charge in [-0.25, -0.2) is 9.97 Å². The number of hydrogen-bond acceptors (Lipinski definition) is 6. The molecule has 2 saturated heterocycles. The van der Waals surface area contributed by atoms with Crippen LogP contribution < -0.4 is 5.32 Å². The number of hydrogen-bond donors (Lipinski definition) is 1. The van der Waals surface area contributed by atoms with Crippen LogP contribution >= 0.6 is 37.2 Å². The van der Waals surface area contributed by atoms with Crippen LogP contribution in [0.25, 0.3) is 22.3 Å². The van der Waals surface area contributed by atoms with Crippen molar-refractivity contribution in [2.75, 3.05) is 32.8 Å². The first kappa shape index (κ1) is 32.6. The highest BCUT2D eigenvalue weighted by molar-refractivity contribution is 6.76. The SMILES string of the molecule is C[Si](C)(C)CCOCn1ccc2c(-c3ccn(C4(CC#N)CN(C5CCNCC5)C4)c3)ncnc21.Cl.Cl.Cl. The maximum atomic E-state index is 9.60. The lowest BCUT2D eigenvalue weighted by molar-refractivity contribution is -0.0268. The van der Waals surface area contributed by atoms with Gasteiger partial charge in [0.1, 0.15) is 18.7 Å². The van der Waals surface area contributed by atoms with Crippen LogP contribution in [0.4, 0.5) is 0 Å². The minimum absolute atomic E-state index is 0. The average Bonchev–Trinajstić information content (AvgIpc) is 3.47. The molecule has 38 heavy (non-hydrogen) atoms. The lowest BCUT2D eigenvalue weighted by Gasteiger charge is -2.54. The molecule has 3 aromatic heterocycles. The zero-order valence-corrected chi connectivity index (χ0v) is 25.9. The predicted molar refractivity (Wildman–Crippen MR) is 162 cm³/mol. The number of nitrogens with zero attached hydrogens (tertiary/aromatic N) is 6. The summed E-state index contributed by atoms with van der Waals surface area (Å²) >= 11 is 0. The highest BCUT2D eigenvalue weighted by atomic mass is 35.5. The molecule has 0 spiro atoms. The molecule has 0 unspecified atom stereocenters. The number of halogens is 3. The van der Waals surface area contributed by atoms with E-state index in [1.54, 1.807) is 6.33 Å². The Kier molecular flexibility index (Phi) is 11.7. The Labute approximate surface area is 245 Å². The lowest BCUT2D eigenvalue weighted by Crippen LogP contribution is -2.65. The van der Waals surface area contributed by atoms with E-state index in [2.05, 4.69) is 79.6 Å². The highest BCUT2D eigenvalue weighted by Crippen LogP contribution is 2.37. The van der Waals surface area contributed by atoms with Gasteiger partial charge in [-0.1, -0.05) is 19.6 Å². The van der Waals surface area contributed by atoms with Crippen LogP contribution in [-0.2, 0) is 17.0 Å². The quantitative estimate of drug-likeness (QED) is 0.270. The summed E-state index contributed by atoms with van der Waals surface area (Å²) in [7, 11) is -1.11. The molecule has 1 N–H and O–H groups in total. The molecule has 0 aliphatic carbocycles. The van der Waals surface area contributed by atoms with Crippen molar-refractivity contribution < 1.29 is 4.74 Å². The fraction of sp³-hybridized carbons (Fsp3) is 0.577. The van der Waals surface area contributed by atoms with Gasteiger partial charge in [0.15, 0.2) is 0 Å². The zero-order valence-electron chi connectivity index (χ0n) is 22.4. The summed E-state index contributed by atoms with van der Waals surface area (Å²) < 4.78 is 10.3. The molecule has 12 heteroatoms. The van der Waals surface area contributed by atoms with Crippen LogP contribution in [0, 0.1) is 11.3 Å². The maximum absolute atomic E-state index is 9.60. The molecule has 5 heterocycles. The molecule has 210 valence electrons. The van der Waals surface area contributed by atoms with E-state index >= 15 is 0 Å². The largest absolute Gasteiger partial charge is 0.361 e. The smallest absolute Gasteiger partial charge is 0.145 e. The second kappa shape index (κ2) is 13.6. The third-order valence-electron chi connectivity index (χ3n) is 7.52. The average molecular weight is 601 g/mol. The maximum Gasteiger partial charge on any atom is 0.145 e. The molecule has 2 aliphatic heterocycles. The molecule has 8 nitrogen and oxygen atoms in total. The van der Waals surface area contributed by atoms with Crippen LogP contribution in [0.2, 0.25) is 25.7 Å². The van der Waals surface area contributed by atoms with Crippen LogP contribution in [0.3, 0.4) is 0 Å². The second-order valence-corrected chi connectivity index (χ2v) is 17.0. The van der Waals surface area contributed by atoms with Gasteiger partial charge < -0.3 is 19.2 Å². The summed E-state index contributed by atoms with van der Waals surface area (Å²) in [6, 6.07) is 8.43. The predicted octanol–water partition coefficient (Wildman–Crippen LogP) is 5.15. The lowest BCUT2D eigenvalue weighted by atomic mass is 9.83. The molecule has 0 saturated carbocycles. The normalized spacial score (nSPS) is 17.5. The Morgan fingerprint density at radius 3 is 2.53 bits per heavy atom. The molecule has 0 atom stereocenters. The van der Waals surface area contributed by atoms with Gasteiger partial charge in [-0.3, -0.25) is 4.90 Å². The van der Waals surface area contributed by atoms with Gasteiger partial charge in [-0.05, 0) is 44.1 Å². The number of likely N-dealkylation sites (tertiary alicyclic amines) is 1. The first-order chi connectivity index (χ1) is 16.9. The Morgan fingerprint density at radius 1 is 1.11 bits per heavy atom. The van der Waals surface area contributed by atoms with E-state index in [0.717, 1.165) is 61.1 Å². The van der Waals surface area contributed by atoms with E-state index in [1.165, 1.54) is 12.8 Å². The molecule has 5 rings (SSSR count). The molecule has 0 amide bonds. The molecular formula is C26H40Cl3N7OSi. The number of fused-ring (bicyclic) bond motifs is 1. The summed E-state index contributed by atoms with van der Waals surface area (Å²) in [6.07, 6.45) is 10.9. The van der Waals surface area contributed by atoms with E-state index in [-0.39, 0.29) is 42.8 Å². The van der Waals surface area contributed by atoms with E-state index in [0.29, 0.717) is 19.2 Å². The number of nitriles is 1. The van der Waals surface area contributed by atoms with Crippen molar-refractivity contribution >= 4 is 56.3 Å². The van der Waals surface area contributed by atoms with Gasteiger partial charge in [0, 0.05) is 63.4 Å². The zero-order chi connectivity index (χ0) is 24.5. The fourth-order valence-electron chi connectivity index (χ4n) is 5.36. The monoisotopic (exact) mass is 599 g/mol. The van der Waals surface area contributed by atoms with Crippen LogP contribution in [0.15, 0.2) is 37.1 Å². The van der Waals surface area contributed by atoms with Crippen LogP contribution in [-0.4, -0.2) is 70.9 Å². The third kappa shape index (κ3) is 6.91. The van der Waals surface area contributed by atoms with Crippen molar-refractivity contribution in [1.82, 2.24) is 29.3 Å². The van der Waals surface area contributed by atoms with E-state index in [4.69, 9.17) is 4.74 Å². The summed E-state index contributed by atoms with van der Waals surface area (Å²) in [4.78, 5) is 11.7. The van der Waals surface area contributed by atoms with Gasteiger partial charge in [-0.15, -0.1) is 37.2 Å². The van der Waals surface area contributed by atoms with Gasteiger partial charge in [0.2, 0.25) is 0 Å². The summed E-state index contributed by atoms with van der Waals surface area (Å²) in [5.74, 6) is 0. The van der Waals surface area contributed by atoms with Crippen LogP contribution in [0.5, 0.6) is 0 Å². The van der Waals surface area contributed by atoms with Gasteiger partial charge in [-0.2, -0.15) is 5.26 Å². The molecule has 2 fully saturated rings. The summed E-state index contributed by atoms with van der Waals surface area (Å²) in [6.45, 7) is 12.4. The van der Waals surface area contributed by atoms with E-state index in [1.807, 2.05) is 6.20 Å². The number of aromatic nitrogens is 4. The third-order valence-corrected chi connectivity index (χ3v) is 9.23. The number of ether oxygens (including phenoxy) is 1. The minimum Gasteiger partial charge on any atom is -0.361 e. The standard InChI is InChI=1S/C26H37N7OSi.3ClH/c1-35(2,3)15-14-34-20-31-12-7-23-24(29-19-30-25(23)31)21-6-13-33(16-21)26(8-9-27)17-32(18-26)22-4-10-28-11-5-22;;;/h6-7,12-13,16,19,22,28H,4-5,8,10-11,14-15,17-18,20H2,1-3H3;3*1H. The second-order valence-electron chi connectivity index (χ2n) is 11.3. The molecule has 0 radical (unpaired) electrons. The Balaban J connectivity index is 0.00000169. The minimum atomic E-state index is -1.11. The number of rotatable bonds is 9. The van der Waals surface area contributed by atoms with Crippen molar-refractivity contribution in [3.63, 3.8) is 0 Å². The number of nitrogens with one attached hydrogen (secondary N) is 1. The van der Waals surface area contributed by atoms with Crippen molar-refractivity contribution in [1.29, 1.82) is 5.26 Å². The first-order valence-corrected chi connectivity index (χ1v) is 16.5. The van der Waals surface area contributed by atoms with Crippen LogP contribution in [0.1, 0.15) is 19.3 Å². The van der Waals surface area contributed by atoms with Crippen molar-refractivity contribution in [3.8, 4) is 17.3 Å². The van der Waals surface area contributed by atoms with E-state index in [9.17, 15) is 5.26 Å². The molecule has 3 aromatic rings. The first-order valence-electron chi connectivity index (χ1n) is 12.8. The van der Waals surface area contributed by atoms with Crippen molar-refractivity contribution in [3.05, 3.63) is 37.1 Å². The molecule has 0 bridgehead atoms. The Morgan fingerprint density at radius 2 is 1.84 bits per heavy atom.